The molecule has 1 saturated heterocycles. The number of allylic oxidation sites excluding steroid dienone is 1. The molecule has 0 aromatic heterocycles. The largest absolute Gasteiger partial charge is 0.459 e. The molecule has 2 nitrogen and oxygen atoms in total. The van der Waals surface area contributed by atoms with Crippen molar-refractivity contribution in [3.05, 3.63) is 9.84 Å². The highest BCUT2D eigenvalue weighted by molar-refractivity contribution is 14.1. The van der Waals surface area contributed by atoms with E-state index >= 15 is 0 Å². The van der Waals surface area contributed by atoms with E-state index in [1.807, 2.05) is 0 Å². The maximum absolute atomic E-state index is 5.72. The van der Waals surface area contributed by atoms with Crippen LogP contribution in [0.2, 0.25) is 0 Å². The van der Waals surface area contributed by atoms with E-state index in [2.05, 4.69) is 35.6 Å². The maximum Gasteiger partial charge on any atom is 0.200 e. The van der Waals surface area contributed by atoms with Gasteiger partial charge in [-0.2, -0.15) is 0 Å². The topological polar surface area (TPSA) is 18.5 Å². The van der Waals surface area contributed by atoms with Crippen molar-refractivity contribution in [3.8, 4) is 0 Å². The average molecular weight is 338 g/mol. The van der Waals surface area contributed by atoms with Gasteiger partial charge in [-0.05, 0) is 54.4 Å². The first-order valence-corrected chi connectivity index (χ1v) is 7.54. The summed E-state index contributed by atoms with van der Waals surface area (Å²) in [6.07, 6.45) is 12.0. The van der Waals surface area contributed by atoms with Crippen molar-refractivity contribution in [2.75, 3.05) is 6.61 Å². The van der Waals surface area contributed by atoms with Crippen LogP contribution in [0.5, 0.6) is 0 Å². The molecule has 1 atom stereocenters. The fourth-order valence-electron chi connectivity index (χ4n) is 1.76. The van der Waals surface area contributed by atoms with Crippen LogP contribution in [-0.4, -0.2) is 12.9 Å². The Labute approximate surface area is 113 Å². The second-order valence-electron chi connectivity index (χ2n) is 4.27. The molecule has 0 spiro atoms. The van der Waals surface area contributed by atoms with Crippen molar-refractivity contribution >= 4 is 22.6 Å². The van der Waals surface area contributed by atoms with Crippen molar-refractivity contribution in [1.82, 2.24) is 0 Å². The van der Waals surface area contributed by atoms with Crippen LogP contribution >= 0.6 is 22.6 Å². The zero-order valence-corrected chi connectivity index (χ0v) is 12.4. The molecule has 1 heterocycles. The molecule has 1 fully saturated rings. The van der Waals surface area contributed by atoms with Crippen LogP contribution in [0.4, 0.5) is 0 Å². The van der Waals surface area contributed by atoms with Crippen molar-refractivity contribution in [1.29, 1.82) is 0 Å². The Kier molecular flexibility index (Phi) is 8.29. The molecule has 94 valence electrons. The Balaban J connectivity index is 2.07. The standard InChI is InChI=1S/C13H23IO2/c1-2-3-4-5-6-9-12(14)16-13-10-7-8-11-15-13/h9,13H,2-8,10-11H2,1H3. The molecule has 3 heteroatoms. The zero-order valence-electron chi connectivity index (χ0n) is 10.2. The van der Waals surface area contributed by atoms with E-state index < -0.39 is 0 Å². The summed E-state index contributed by atoms with van der Waals surface area (Å²) in [4.78, 5) is 0. The van der Waals surface area contributed by atoms with Crippen LogP contribution in [-0.2, 0) is 9.47 Å². The van der Waals surface area contributed by atoms with Crippen molar-refractivity contribution in [2.24, 2.45) is 0 Å². The van der Waals surface area contributed by atoms with Gasteiger partial charge in [-0.3, -0.25) is 0 Å². The Morgan fingerprint density at radius 2 is 2.25 bits per heavy atom. The third kappa shape index (κ3) is 6.74. The Bertz CT molecular complexity index is 198. The van der Waals surface area contributed by atoms with Gasteiger partial charge in [-0.25, -0.2) is 0 Å². The Morgan fingerprint density at radius 3 is 2.94 bits per heavy atom. The van der Waals surface area contributed by atoms with Gasteiger partial charge in [0.25, 0.3) is 0 Å². The van der Waals surface area contributed by atoms with Crippen LogP contribution in [0.3, 0.4) is 0 Å². The van der Waals surface area contributed by atoms with Crippen molar-refractivity contribution < 1.29 is 9.47 Å². The predicted octanol–water partition coefficient (Wildman–Crippen LogP) is 4.78. The molecular weight excluding hydrogens is 315 g/mol. The van der Waals surface area contributed by atoms with E-state index in [1.165, 1.54) is 38.5 Å². The smallest absolute Gasteiger partial charge is 0.200 e. The van der Waals surface area contributed by atoms with Crippen LogP contribution in [0.25, 0.3) is 0 Å². The molecule has 1 aliphatic rings. The van der Waals surface area contributed by atoms with Crippen LogP contribution in [0.1, 0.15) is 58.3 Å². The highest BCUT2D eigenvalue weighted by Crippen LogP contribution is 2.20. The molecule has 0 bridgehead atoms. The second-order valence-corrected chi connectivity index (χ2v) is 5.33. The van der Waals surface area contributed by atoms with Gasteiger partial charge >= 0.3 is 0 Å². The van der Waals surface area contributed by atoms with Gasteiger partial charge in [0, 0.05) is 6.42 Å². The van der Waals surface area contributed by atoms with E-state index in [9.17, 15) is 0 Å². The lowest BCUT2D eigenvalue weighted by molar-refractivity contribution is -0.131. The van der Waals surface area contributed by atoms with E-state index in [1.54, 1.807) is 0 Å². The van der Waals surface area contributed by atoms with Gasteiger partial charge in [-0.1, -0.05) is 26.2 Å². The minimum Gasteiger partial charge on any atom is -0.459 e. The Morgan fingerprint density at radius 1 is 1.38 bits per heavy atom. The van der Waals surface area contributed by atoms with E-state index in [0.29, 0.717) is 0 Å². The summed E-state index contributed by atoms with van der Waals surface area (Å²) in [5.41, 5.74) is 0. The molecule has 1 rings (SSSR count). The van der Waals surface area contributed by atoms with Gasteiger partial charge in [0.15, 0.2) is 10.1 Å². The highest BCUT2D eigenvalue weighted by Gasteiger charge is 2.14. The zero-order chi connectivity index (χ0) is 11.6. The third-order valence-electron chi connectivity index (χ3n) is 2.74. The molecule has 0 aliphatic carbocycles. The molecule has 0 N–H and O–H groups in total. The predicted molar refractivity (Wildman–Crippen MR) is 75.5 cm³/mol. The second kappa shape index (κ2) is 9.28. The quantitative estimate of drug-likeness (QED) is 0.378. The van der Waals surface area contributed by atoms with Crippen molar-refractivity contribution in [2.45, 2.75) is 64.6 Å². The minimum atomic E-state index is 0.00698. The lowest BCUT2D eigenvalue weighted by Gasteiger charge is -2.23. The molecule has 1 aliphatic heterocycles. The molecule has 0 aromatic rings. The molecule has 0 aromatic carbocycles. The minimum absolute atomic E-state index is 0.00698. The summed E-state index contributed by atoms with van der Waals surface area (Å²) in [5.74, 6) is 0. The number of hydrogen-bond acceptors (Lipinski definition) is 2. The first-order chi connectivity index (χ1) is 7.83. The van der Waals surface area contributed by atoms with Gasteiger partial charge in [0.2, 0.25) is 0 Å². The SMILES string of the molecule is CCCCCCC=C(I)OC1CCCCO1. The van der Waals surface area contributed by atoms with Crippen LogP contribution < -0.4 is 0 Å². The lowest BCUT2D eigenvalue weighted by Crippen LogP contribution is -2.21. The molecule has 0 saturated carbocycles. The molecule has 16 heavy (non-hydrogen) atoms. The van der Waals surface area contributed by atoms with Gasteiger partial charge < -0.3 is 9.47 Å². The summed E-state index contributed by atoms with van der Waals surface area (Å²) in [6, 6.07) is 0. The monoisotopic (exact) mass is 338 g/mol. The third-order valence-corrected chi connectivity index (χ3v) is 3.44. The molecule has 0 radical (unpaired) electrons. The fourth-order valence-corrected chi connectivity index (χ4v) is 2.36. The summed E-state index contributed by atoms with van der Waals surface area (Å²) >= 11 is 2.26. The molecule has 0 amide bonds. The first-order valence-electron chi connectivity index (χ1n) is 6.47. The van der Waals surface area contributed by atoms with Gasteiger partial charge in [-0.15, -0.1) is 0 Å². The summed E-state index contributed by atoms with van der Waals surface area (Å²) < 4.78 is 12.2. The van der Waals surface area contributed by atoms with Crippen LogP contribution in [0.15, 0.2) is 9.84 Å². The van der Waals surface area contributed by atoms with Gasteiger partial charge in [0.1, 0.15) is 0 Å². The van der Waals surface area contributed by atoms with E-state index in [4.69, 9.17) is 9.47 Å². The average Bonchev–Trinajstić information content (AvgIpc) is 2.30. The number of ether oxygens (including phenoxy) is 2. The van der Waals surface area contributed by atoms with Gasteiger partial charge in [0.05, 0.1) is 6.61 Å². The van der Waals surface area contributed by atoms with E-state index in [0.717, 1.165) is 23.2 Å². The Hall–Kier alpha value is 0.230. The highest BCUT2D eigenvalue weighted by atomic mass is 127. The number of rotatable bonds is 7. The summed E-state index contributed by atoms with van der Waals surface area (Å²) in [5, 5.41) is 0. The molecular formula is C13H23IO2. The number of hydrogen-bond donors (Lipinski definition) is 0. The van der Waals surface area contributed by atoms with Crippen LogP contribution in [0, 0.1) is 0 Å². The summed E-state index contributed by atoms with van der Waals surface area (Å²) in [6.45, 7) is 3.09. The lowest BCUT2D eigenvalue weighted by atomic mass is 10.1. The maximum atomic E-state index is 5.72. The normalized spacial score (nSPS) is 22.1. The molecule has 1 unspecified atom stereocenters. The first kappa shape index (κ1) is 14.3. The number of unbranched alkanes of at least 4 members (excludes halogenated alkanes) is 4. The van der Waals surface area contributed by atoms with Crippen molar-refractivity contribution in [3.63, 3.8) is 0 Å². The van der Waals surface area contributed by atoms with E-state index in [-0.39, 0.29) is 6.29 Å². The fraction of sp³-hybridized carbons (Fsp3) is 0.846. The number of halogens is 1. The summed E-state index contributed by atoms with van der Waals surface area (Å²) in [7, 11) is 0.